The van der Waals surface area contributed by atoms with Gasteiger partial charge in [-0.2, -0.15) is 0 Å². The topological polar surface area (TPSA) is 26.0 Å². The Morgan fingerprint density at radius 2 is 1.00 bits per heavy atom. The molecule has 7 aromatic carbocycles. The minimum absolute atomic E-state index is 0.770. The minimum Gasteiger partial charge on any atom is -0.398 e. The molecule has 0 aliphatic carbocycles. The van der Waals surface area contributed by atoms with E-state index in [4.69, 9.17) is 5.73 Å². The average molecular weight is 538 g/mol. The molecule has 0 heterocycles. The maximum atomic E-state index is 6.56. The molecule has 7 aromatic rings. The van der Waals surface area contributed by atoms with E-state index in [0.29, 0.717) is 0 Å². The smallest absolute Gasteiger partial charge is 0.0393 e. The molecule has 2 N–H and O–H groups in total. The number of hydrogen-bond acceptors (Lipinski definition) is 1. The van der Waals surface area contributed by atoms with Crippen LogP contribution in [0.2, 0.25) is 0 Å². The third-order valence-electron chi connectivity index (χ3n) is 8.16. The predicted molar refractivity (Wildman–Crippen MR) is 181 cm³/mol. The monoisotopic (exact) mass is 537 g/mol. The van der Waals surface area contributed by atoms with Gasteiger partial charge in [-0.15, -0.1) is 0 Å². The first-order valence-corrected chi connectivity index (χ1v) is 14.5. The summed E-state index contributed by atoms with van der Waals surface area (Å²) in [7, 11) is 0. The molecule has 0 bridgehead atoms. The van der Waals surface area contributed by atoms with Gasteiger partial charge in [0.05, 0.1) is 0 Å². The van der Waals surface area contributed by atoms with Crippen molar-refractivity contribution in [2.24, 2.45) is 5.73 Å². The second-order valence-electron chi connectivity index (χ2n) is 10.7. The minimum atomic E-state index is 0.770. The first-order chi connectivity index (χ1) is 20.8. The summed E-state index contributed by atoms with van der Waals surface area (Å²) in [6, 6.07) is 51.8. The molecule has 42 heavy (non-hydrogen) atoms. The van der Waals surface area contributed by atoms with Gasteiger partial charge in [-0.1, -0.05) is 158 Å². The molecule has 0 aliphatic rings. The number of rotatable bonds is 6. The van der Waals surface area contributed by atoms with Gasteiger partial charge in [0.1, 0.15) is 0 Å². The largest absolute Gasteiger partial charge is 0.398 e. The van der Waals surface area contributed by atoms with Gasteiger partial charge in [0, 0.05) is 11.3 Å². The Balaban J connectivity index is 1.27. The Kier molecular flexibility index (Phi) is 6.84. The Bertz CT molecular complexity index is 2040. The lowest BCUT2D eigenvalue weighted by Crippen LogP contribution is -1.96. The zero-order valence-electron chi connectivity index (χ0n) is 23.4. The van der Waals surface area contributed by atoms with Crippen molar-refractivity contribution >= 4 is 38.0 Å². The van der Waals surface area contributed by atoms with Crippen LogP contribution in [0, 0.1) is 0 Å². The molecular weight excluding hydrogens is 506 g/mol. The van der Waals surface area contributed by atoms with E-state index in [-0.39, 0.29) is 0 Å². The molecule has 200 valence electrons. The lowest BCUT2D eigenvalue weighted by Gasteiger charge is -2.17. The summed E-state index contributed by atoms with van der Waals surface area (Å²) in [4.78, 5) is 0. The second-order valence-corrected chi connectivity index (χ2v) is 10.7. The van der Waals surface area contributed by atoms with Crippen molar-refractivity contribution in [1.29, 1.82) is 0 Å². The quantitative estimate of drug-likeness (QED) is 0.166. The molecule has 0 saturated carbocycles. The predicted octanol–water partition coefficient (Wildman–Crippen LogP) is 10.6. The molecule has 0 aromatic heterocycles. The second kappa shape index (κ2) is 11.2. The molecule has 1 nitrogen and oxygen atoms in total. The van der Waals surface area contributed by atoms with Crippen LogP contribution in [0.25, 0.3) is 60.3 Å². The van der Waals surface area contributed by atoms with Gasteiger partial charge in [-0.25, -0.2) is 0 Å². The van der Waals surface area contributed by atoms with E-state index < -0.39 is 0 Å². The van der Waals surface area contributed by atoms with Crippen LogP contribution in [-0.4, -0.2) is 0 Å². The maximum Gasteiger partial charge on any atom is 0.0393 e. The molecular formula is C41H31N. The van der Waals surface area contributed by atoms with Gasteiger partial charge < -0.3 is 5.73 Å². The van der Waals surface area contributed by atoms with E-state index in [9.17, 15) is 0 Å². The zero-order chi connectivity index (χ0) is 28.3. The fraction of sp³-hybridized carbons (Fsp3) is 0.0244. The summed E-state index contributed by atoms with van der Waals surface area (Å²) >= 11 is 0. The van der Waals surface area contributed by atoms with Crippen LogP contribution in [0.15, 0.2) is 164 Å². The molecule has 0 fully saturated rings. The molecule has 0 amide bonds. The molecule has 0 aliphatic heterocycles. The van der Waals surface area contributed by atoms with Gasteiger partial charge in [-0.05, 0) is 72.6 Å². The number of benzene rings is 7. The lowest BCUT2D eigenvalue weighted by molar-refractivity contribution is 1.33. The Morgan fingerprint density at radius 1 is 0.476 bits per heavy atom. The first-order valence-electron chi connectivity index (χ1n) is 14.5. The van der Waals surface area contributed by atoms with Crippen molar-refractivity contribution in [3.05, 3.63) is 175 Å². The van der Waals surface area contributed by atoms with Gasteiger partial charge in [0.2, 0.25) is 0 Å². The number of allylic oxidation sites excluding steroid dienone is 3. The van der Waals surface area contributed by atoms with E-state index in [2.05, 4.69) is 158 Å². The third-order valence-corrected chi connectivity index (χ3v) is 8.16. The SMILES string of the molecule is N/C(=C\C=C/Cc1c2ccccc2c(-c2ccc(-c3ccccc3)cc2)c2ccccc12)c1cccc2ccccc12. The van der Waals surface area contributed by atoms with E-state index in [1.807, 2.05) is 6.08 Å². The van der Waals surface area contributed by atoms with Crippen molar-refractivity contribution in [1.82, 2.24) is 0 Å². The average Bonchev–Trinajstić information content (AvgIpc) is 3.06. The summed E-state index contributed by atoms with van der Waals surface area (Å²) in [5.41, 5.74) is 14.7. The highest BCUT2D eigenvalue weighted by Crippen LogP contribution is 2.40. The fourth-order valence-corrected chi connectivity index (χ4v) is 6.13. The molecule has 1 heteroatoms. The summed E-state index contributed by atoms with van der Waals surface area (Å²) in [5, 5.41) is 7.49. The van der Waals surface area contributed by atoms with E-state index in [0.717, 1.165) is 17.7 Å². The summed E-state index contributed by atoms with van der Waals surface area (Å²) in [6.45, 7) is 0. The van der Waals surface area contributed by atoms with Crippen LogP contribution in [0.5, 0.6) is 0 Å². The van der Waals surface area contributed by atoms with E-state index in [1.165, 1.54) is 60.1 Å². The summed E-state index contributed by atoms with van der Waals surface area (Å²) in [5.74, 6) is 0. The van der Waals surface area contributed by atoms with Crippen LogP contribution in [-0.2, 0) is 6.42 Å². The Labute approximate surface area is 246 Å². The first kappa shape index (κ1) is 25.6. The molecule has 0 radical (unpaired) electrons. The molecule has 0 atom stereocenters. The van der Waals surface area contributed by atoms with Crippen molar-refractivity contribution < 1.29 is 0 Å². The lowest BCUT2D eigenvalue weighted by atomic mass is 9.87. The van der Waals surface area contributed by atoms with Crippen molar-refractivity contribution in [3.63, 3.8) is 0 Å². The summed E-state index contributed by atoms with van der Waals surface area (Å²) < 4.78 is 0. The van der Waals surface area contributed by atoms with Crippen LogP contribution in [0.3, 0.4) is 0 Å². The highest BCUT2D eigenvalue weighted by atomic mass is 14.6. The van der Waals surface area contributed by atoms with Crippen LogP contribution in [0.1, 0.15) is 11.1 Å². The molecule has 0 spiro atoms. The highest BCUT2D eigenvalue weighted by molar-refractivity contribution is 6.15. The van der Waals surface area contributed by atoms with Crippen molar-refractivity contribution in [2.45, 2.75) is 6.42 Å². The van der Waals surface area contributed by atoms with Crippen molar-refractivity contribution in [3.8, 4) is 22.3 Å². The van der Waals surface area contributed by atoms with E-state index >= 15 is 0 Å². The number of fused-ring (bicyclic) bond motifs is 3. The molecule has 0 saturated heterocycles. The van der Waals surface area contributed by atoms with Gasteiger partial charge >= 0.3 is 0 Å². The fourth-order valence-electron chi connectivity index (χ4n) is 6.13. The van der Waals surface area contributed by atoms with Crippen LogP contribution in [0.4, 0.5) is 0 Å². The highest BCUT2D eigenvalue weighted by Gasteiger charge is 2.14. The Hall–Kier alpha value is -5.40. The van der Waals surface area contributed by atoms with E-state index in [1.54, 1.807) is 0 Å². The Morgan fingerprint density at radius 3 is 1.69 bits per heavy atom. The number of hydrogen-bond donors (Lipinski definition) is 1. The zero-order valence-corrected chi connectivity index (χ0v) is 23.4. The number of nitrogens with two attached hydrogens (primary N) is 1. The summed E-state index contributed by atoms with van der Waals surface area (Å²) in [6.07, 6.45) is 7.15. The standard InChI is InChI=1S/C41H31N/c42-40(37-23-12-16-31-15-4-5-17-33(31)37)24-11-10-18-34-35-19-6-8-21-38(35)41(39-22-9-7-20-36(34)39)32-27-25-30(26-28-32)29-13-2-1-3-14-29/h1-17,19-28H,18,42H2/b11-10-,40-24-. The maximum absolute atomic E-state index is 6.56. The van der Waals surface area contributed by atoms with Gasteiger partial charge in [0.15, 0.2) is 0 Å². The van der Waals surface area contributed by atoms with Crippen LogP contribution >= 0.6 is 0 Å². The molecule has 7 rings (SSSR count). The van der Waals surface area contributed by atoms with Crippen LogP contribution < -0.4 is 5.73 Å². The van der Waals surface area contributed by atoms with Crippen molar-refractivity contribution in [2.75, 3.05) is 0 Å². The normalized spacial score (nSPS) is 12.0. The van der Waals surface area contributed by atoms with Gasteiger partial charge in [0.25, 0.3) is 0 Å². The molecule has 0 unspecified atom stereocenters. The van der Waals surface area contributed by atoms with Gasteiger partial charge in [-0.3, -0.25) is 0 Å². The third kappa shape index (κ3) is 4.76.